The van der Waals surface area contributed by atoms with Crippen LogP contribution in [0.5, 0.6) is 0 Å². The lowest BCUT2D eigenvalue weighted by molar-refractivity contribution is -0.142. The van der Waals surface area contributed by atoms with Crippen molar-refractivity contribution in [1.82, 2.24) is 4.31 Å². The Labute approximate surface area is 116 Å². The SMILES string of the molecule is CCCCS(=O)(=O)N1CCc2sccc2C1C(=O)O. The van der Waals surface area contributed by atoms with Gasteiger partial charge in [-0.05, 0) is 29.9 Å². The fourth-order valence-corrected chi connectivity index (χ4v) is 4.98. The first kappa shape index (κ1) is 14.5. The number of rotatable bonds is 5. The number of carboxylic acids is 1. The number of nitrogens with zero attached hydrogens (tertiary/aromatic N) is 1. The fraction of sp³-hybridized carbons (Fsp3) is 0.583. The van der Waals surface area contributed by atoms with Gasteiger partial charge in [-0.15, -0.1) is 11.3 Å². The van der Waals surface area contributed by atoms with Crippen LogP contribution in [0.4, 0.5) is 0 Å². The van der Waals surface area contributed by atoms with E-state index in [1.54, 1.807) is 6.07 Å². The van der Waals surface area contributed by atoms with Gasteiger partial charge in [-0.3, -0.25) is 4.79 Å². The van der Waals surface area contributed by atoms with Gasteiger partial charge in [0, 0.05) is 11.4 Å². The van der Waals surface area contributed by atoms with E-state index < -0.39 is 22.0 Å². The number of hydrogen-bond acceptors (Lipinski definition) is 4. The highest BCUT2D eigenvalue weighted by Gasteiger charge is 2.39. The molecule has 0 saturated heterocycles. The van der Waals surface area contributed by atoms with Gasteiger partial charge in [-0.1, -0.05) is 13.3 Å². The molecule has 1 unspecified atom stereocenters. The van der Waals surface area contributed by atoms with E-state index in [9.17, 15) is 18.3 Å². The highest BCUT2D eigenvalue weighted by Crippen LogP contribution is 2.35. The number of unbranched alkanes of at least 4 members (excludes halogenated alkanes) is 1. The summed E-state index contributed by atoms with van der Waals surface area (Å²) in [5, 5.41) is 11.2. The third-order valence-corrected chi connectivity index (χ3v) is 6.18. The molecule has 1 aliphatic heterocycles. The molecule has 0 bridgehead atoms. The Bertz CT molecular complexity index is 564. The summed E-state index contributed by atoms with van der Waals surface area (Å²) in [7, 11) is -3.50. The van der Waals surface area contributed by atoms with E-state index in [2.05, 4.69) is 0 Å². The van der Waals surface area contributed by atoms with Crippen LogP contribution in [0, 0.1) is 0 Å². The molecular formula is C12H17NO4S2. The average Bonchev–Trinajstić information content (AvgIpc) is 2.82. The molecule has 106 valence electrons. The van der Waals surface area contributed by atoms with Crippen molar-refractivity contribution in [1.29, 1.82) is 0 Å². The Morgan fingerprint density at radius 3 is 2.95 bits per heavy atom. The van der Waals surface area contributed by atoms with Gasteiger partial charge in [-0.25, -0.2) is 8.42 Å². The van der Waals surface area contributed by atoms with Gasteiger partial charge in [0.05, 0.1) is 5.75 Å². The topological polar surface area (TPSA) is 74.7 Å². The van der Waals surface area contributed by atoms with E-state index in [0.29, 0.717) is 18.4 Å². The summed E-state index contributed by atoms with van der Waals surface area (Å²) < 4.78 is 25.7. The van der Waals surface area contributed by atoms with Crippen molar-refractivity contribution in [3.63, 3.8) is 0 Å². The maximum Gasteiger partial charge on any atom is 0.326 e. The molecule has 2 rings (SSSR count). The first-order valence-corrected chi connectivity index (χ1v) is 8.75. The summed E-state index contributed by atoms with van der Waals surface area (Å²) in [6.07, 6.45) is 1.93. The van der Waals surface area contributed by atoms with Crippen LogP contribution < -0.4 is 0 Å². The van der Waals surface area contributed by atoms with Crippen LogP contribution in [0.1, 0.15) is 36.2 Å². The second kappa shape index (κ2) is 5.60. The van der Waals surface area contributed by atoms with Gasteiger partial charge in [0.25, 0.3) is 0 Å². The number of aliphatic carboxylic acids is 1. The molecule has 0 fully saturated rings. The zero-order chi connectivity index (χ0) is 14.0. The van der Waals surface area contributed by atoms with Gasteiger partial charge >= 0.3 is 5.97 Å². The Balaban J connectivity index is 2.34. The van der Waals surface area contributed by atoms with Crippen LogP contribution in [0.3, 0.4) is 0 Å². The summed E-state index contributed by atoms with van der Waals surface area (Å²) in [4.78, 5) is 12.4. The standard InChI is InChI=1S/C12H17NO4S2/c1-2-3-8-19(16,17)13-6-4-10-9(5-7-18-10)11(13)12(14)15/h5,7,11H,2-4,6,8H2,1H3,(H,14,15). The van der Waals surface area contributed by atoms with Crippen molar-refractivity contribution in [2.75, 3.05) is 12.3 Å². The van der Waals surface area contributed by atoms with Crippen LogP contribution >= 0.6 is 11.3 Å². The summed E-state index contributed by atoms with van der Waals surface area (Å²) in [5.74, 6) is -1.08. The maximum absolute atomic E-state index is 12.3. The molecule has 1 atom stereocenters. The molecule has 1 N–H and O–H groups in total. The van der Waals surface area contributed by atoms with Gasteiger partial charge < -0.3 is 5.11 Å². The first-order chi connectivity index (χ1) is 8.97. The largest absolute Gasteiger partial charge is 0.480 e. The third kappa shape index (κ3) is 2.82. The normalized spacial score (nSPS) is 20.2. The van der Waals surface area contributed by atoms with Crippen molar-refractivity contribution in [3.05, 3.63) is 21.9 Å². The van der Waals surface area contributed by atoms with E-state index >= 15 is 0 Å². The van der Waals surface area contributed by atoms with Crippen LogP contribution in [-0.4, -0.2) is 36.1 Å². The molecule has 7 heteroatoms. The van der Waals surface area contributed by atoms with Gasteiger partial charge in [-0.2, -0.15) is 4.31 Å². The quantitative estimate of drug-likeness (QED) is 0.901. The zero-order valence-electron chi connectivity index (χ0n) is 10.7. The number of sulfonamides is 1. The Kier molecular flexibility index (Phi) is 4.27. The molecular weight excluding hydrogens is 286 g/mol. The lowest BCUT2D eigenvalue weighted by atomic mass is 10.0. The van der Waals surface area contributed by atoms with Crippen LogP contribution in [0.2, 0.25) is 0 Å². The second-order valence-corrected chi connectivity index (χ2v) is 7.61. The van der Waals surface area contributed by atoms with Crippen molar-refractivity contribution in [2.45, 2.75) is 32.2 Å². The molecule has 0 spiro atoms. The van der Waals surface area contributed by atoms with Crippen LogP contribution in [0.25, 0.3) is 0 Å². The van der Waals surface area contributed by atoms with Crippen LogP contribution in [-0.2, 0) is 21.2 Å². The minimum atomic E-state index is -3.50. The predicted molar refractivity (Wildman–Crippen MR) is 73.8 cm³/mol. The smallest absolute Gasteiger partial charge is 0.326 e. The number of carbonyl (C=O) groups is 1. The van der Waals surface area contributed by atoms with Crippen LogP contribution in [0.15, 0.2) is 11.4 Å². The summed E-state index contributed by atoms with van der Waals surface area (Å²) >= 11 is 1.49. The average molecular weight is 303 g/mol. The number of thiophene rings is 1. The third-order valence-electron chi connectivity index (χ3n) is 3.27. The molecule has 0 amide bonds. The van der Waals surface area contributed by atoms with Gasteiger partial charge in [0.1, 0.15) is 6.04 Å². The fourth-order valence-electron chi connectivity index (χ4n) is 2.29. The lowest BCUT2D eigenvalue weighted by Crippen LogP contribution is -2.43. The number of fused-ring (bicyclic) bond motifs is 1. The molecule has 0 aliphatic carbocycles. The minimum Gasteiger partial charge on any atom is -0.480 e. The summed E-state index contributed by atoms with van der Waals surface area (Å²) in [6, 6.07) is 0.664. The molecule has 1 aromatic heterocycles. The van der Waals surface area contributed by atoms with E-state index in [-0.39, 0.29) is 12.3 Å². The van der Waals surface area contributed by atoms with Crippen molar-refractivity contribution < 1.29 is 18.3 Å². The minimum absolute atomic E-state index is 0.0206. The molecule has 5 nitrogen and oxygen atoms in total. The molecule has 1 aliphatic rings. The zero-order valence-corrected chi connectivity index (χ0v) is 12.3. The number of carboxylic acid groups (broad SMARTS) is 1. The van der Waals surface area contributed by atoms with Gasteiger partial charge in [0.15, 0.2) is 0 Å². The van der Waals surface area contributed by atoms with E-state index in [0.717, 1.165) is 15.6 Å². The predicted octanol–water partition coefficient (Wildman–Crippen LogP) is 1.86. The Hall–Kier alpha value is -0.920. The Morgan fingerprint density at radius 2 is 2.32 bits per heavy atom. The summed E-state index contributed by atoms with van der Waals surface area (Å²) in [5.41, 5.74) is 0.629. The number of hydrogen-bond donors (Lipinski definition) is 1. The van der Waals surface area contributed by atoms with Crippen molar-refractivity contribution >= 4 is 27.3 Å². The molecule has 2 heterocycles. The highest BCUT2D eigenvalue weighted by molar-refractivity contribution is 7.89. The molecule has 0 saturated carbocycles. The molecule has 0 aromatic carbocycles. The first-order valence-electron chi connectivity index (χ1n) is 6.26. The molecule has 1 aromatic rings. The van der Waals surface area contributed by atoms with E-state index in [1.807, 2.05) is 12.3 Å². The van der Waals surface area contributed by atoms with Crippen molar-refractivity contribution in [3.8, 4) is 0 Å². The van der Waals surface area contributed by atoms with Crippen molar-refractivity contribution in [2.24, 2.45) is 0 Å². The van der Waals surface area contributed by atoms with E-state index in [4.69, 9.17) is 0 Å². The van der Waals surface area contributed by atoms with Gasteiger partial charge in [0.2, 0.25) is 10.0 Å². The monoisotopic (exact) mass is 303 g/mol. The Morgan fingerprint density at radius 1 is 1.58 bits per heavy atom. The molecule has 0 radical (unpaired) electrons. The summed E-state index contributed by atoms with van der Waals surface area (Å²) in [6.45, 7) is 2.17. The second-order valence-electron chi connectivity index (χ2n) is 4.57. The lowest BCUT2D eigenvalue weighted by Gasteiger charge is -2.32. The highest BCUT2D eigenvalue weighted by atomic mass is 32.2. The molecule has 19 heavy (non-hydrogen) atoms. The maximum atomic E-state index is 12.3. The van der Waals surface area contributed by atoms with E-state index in [1.165, 1.54) is 11.3 Å².